The van der Waals surface area contributed by atoms with Crippen LogP contribution in [0.2, 0.25) is 0 Å². The lowest BCUT2D eigenvalue weighted by Gasteiger charge is -2.36. The molecule has 2 aliphatic rings. The summed E-state index contributed by atoms with van der Waals surface area (Å²) in [6, 6.07) is 0.360. The van der Waals surface area contributed by atoms with E-state index >= 15 is 0 Å². The Morgan fingerprint density at radius 3 is 2.38 bits per heavy atom. The second-order valence-corrected chi connectivity index (χ2v) is 5.13. The molecule has 16 heavy (non-hydrogen) atoms. The Labute approximate surface area is 95.7 Å². The van der Waals surface area contributed by atoms with E-state index in [2.05, 4.69) is 5.32 Å². The summed E-state index contributed by atoms with van der Waals surface area (Å²) in [4.78, 5) is 0. The summed E-state index contributed by atoms with van der Waals surface area (Å²) in [5, 5.41) is 3.32. The molecule has 94 valence electrons. The Morgan fingerprint density at radius 1 is 1.19 bits per heavy atom. The molecular formula is C12H21F2NO. The lowest BCUT2D eigenvalue weighted by Crippen LogP contribution is -2.43. The number of hydrogen-bond acceptors (Lipinski definition) is 2. The topological polar surface area (TPSA) is 21.3 Å². The van der Waals surface area contributed by atoms with Gasteiger partial charge in [-0.25, -0.2) is 8.78 Å². The molecule has 1 heterocycles. The number of rotatable bonds is 3. The van der Waals surface area contributed by atoms with E-state index in [1.165, 1.54) is 0 Å². The molecule has 1 aliphatic carbocycles. The van der Waals surface area contributed by atoms with Crippen molar-refractivity contribution < 1.29 is 13.5 Å². The molecule has 0 aromatic rings. The fourth-order valence-electron chi connectivity index (χ4n) is 3.11. The molecule has 0 radical (unpaired) electrons. The molecule has 1 saturated carbocycles. The highest BCUT2D eigenvalue weighted by Crippen LogP contribution is 2.39. The Bertz CT molecular complexity index is 219. The zero-order valence-corrected chi connectivity index (χ0v) is 9.85. The molecule has 1 N–H and O–H groups in total. The smallest absolute Gasteiger partial charge is 0.248 e. The Morgan fingerprint density at radius 2 is 1.88 bits per heavy atom. The average Bonchev–Trinajstić information content (AvgIpc) is 2.75. The van der Waals surface area contributed by atoms with Gasteiger partial charge in [0.2, 0.25) is 5.92 Å². The minimum Gasteiger partial charge on any atom is -0.381 e. The van der Waals surface area contributed by atoms with Gasteiger partial charge < -0.3 is 10.1 Å². The lowest BCUT2D eigenvalue weighted by atomic mass is 9.77. The molecule has 0 aromatic carbocycles. The van der Waals surface area contributed by atoms with Gasteiger partial charge in [0.15, 0.2) is 0 Å². The van der Waals surface area contributed by atoms with Crippen LogP contribution in [0.4, 0.5) is 8.78 Å². The summed E-state index contributed by atoms with van der Waals surface area (Å²) < 4.78 is 31.5. The molecule has 4 heteroatoms. The third-order valence-corrected chi connectivity index (χ3v) is 4.08. The second-order valence-electron chi connectivity index (χ2n) is 5.13. The number of ether oxygens (including phenoxy) is 1. The van der Waals surface area contributed by atoms with Crippen LogP contribution < -0.4 is 5.32 Å². The number of halogens is 2. The molecule has 2 nitrogen and oxygen atoms in total. The standard InChI is InChI=1S/C12H21F2NO/c1-15-11(10-4-7-16-8-10)9-2-5-12(13,14)6-3-9/h9-11,15H,2-8H2,1H3. The Hall–Kier alpha value is -0.220. The van der Waals surface area contributed by atoms with E-state index in [9.17, 15) is 8.78 Å². The number of hydrogen-bond donors (Lipinski definition) is 1. The van der Waals surface area contributed by atoms with Crippen molar-refractivity contribution in [2.24, 2.45) is 11.8 Å². The van der Waals surface area contributed by atoms with E-state index < -0.39 is 5.92 Å². The number of alkyl halides is 2. The van der Waals surface area contributed by atoms with Gasteiger partial charge >= 0.3 is 0 Å². The van der Waals surface area contributed by atoms with Crippen molar-refractivity contribution in [2.45, 2.75) is 44.1 Å². The normalized spacial score (nSPS) is 32.8. The molecule has 0 spiro atoms. The van der Waals surface area contributed by atoms with Crippen LogP contribution in [-0.4, -0.2) is 32.2 Å². The van der Waals surface area contributed by atoms with Gasteiger partial charge in [0.05, 0.1) is 6.61 Å². The van der Waals surface area contributed by atoms with Crippen LogP contribution in [0.3, 0.4) is 0 Å². The van der Waals surface area contributed by atoms with Crippen LogP contribution in [0, 0.1) is 11.8 Å². The van der Waals surface area contributed by atoms with Crippen LogP contribution in [0.5, 0.6) is 0 Å². The third-order valence-electron chi connectivity index (χ3n) is 4.08. The SMILES string of the molecule is CNC(C1CCC(F)(F)CC1)C1CCOC1. The summed E-state index contributed by atoms with van der Waals surface area (Å²) in [5.74, 6) is -1.50. The maximum atomic E-state index is 13.1. The van der Waals surface area contributed by atoms with E-state index in [1.807, 2.05) is 7.05 Å². The van der Waals surface area contributed by atoms with Gasteiger partial charge in [-0.15, -0.1) is 0 Å². The fourth-order valence-corrected chi connectivity index (χ4v) is 3.11. The molecule has 0 aromatic heterocycles. The monoisotopic (exact) mass is 233 g/mol. The van der Waals surface area contributed by atoms with Crippen molar-refractivity contribution >= 4 is 0 Å². The summed E-state index contributed by atoms with van der Waals surface area (Å²) in [7, 11) is 1.94. The zero-order chi connectivity index (χ0) is 11.6. The minimum absolute atomic E-state index is 0.0590. The van der Waals surface area contributed by atoms with Crippen LogP contribution in [0.25, 0.3) is 0 Å². The molecule has 1 saturated heterocycles. The summed E-state index contributed by atoms with van der Waals surface area (Å²) in [6.07, 6.45) is 2.48. The van der Waals surface area contributed by atoms with Crippen molar-refractivity contribution in [3.8, 4) is 0 Å². The van der Waals surface area contributed by atoms with Crippen molar-refractivity contribution in [1.29, 1.82) is 0 Å². The van der Waals surface area contributed by atoms with Crippen molar-refractivity contribution in [2.75, 3.05) is 20.3 Å². The van der Waals surface area contributed by atoms with Gasteiger partial charge in [-0.1, -0.05) is 0 Å². The molecule has 0 amide bonds. The highest BCUT2D eigenvalue weighted by atomic mass is 19.3. The molecule has 1 aliphatic heterocycles. The van der Waals surface area contributed by atoms with Crippen molar-refractivity contribution in [3.63, 3.8) is 0 Å². The van der Waals surface area contributed by atoms with E-state index in [1.54, 1.807) is 0 Å². The maximum absolute atomic E-state index is 13.1. The summed E-state index contributed by atoms with van der Waals surface area (Å²) in [6.45, 7) is 1.62. The van der Waals surface area contributed by atoms with Crippen molar-refractivity contribution in [3.05, 3.63) is 0 Å². The molecule has 2 atom stereocenters. The molecule has 2 rings (SSSR count). The van der Waals surface area contributed by atoms with Gasteiger partial charge in [-0.2, -0.15) is 0 Å². The summed E-state index contributed by atoms with van der Waals surface area (Å²) in [5.41, 5.74) is 0. The van der Waals surface area contributed by atoms with E-state index in [4.69, 9.17) is 4.74 Å². The maximum Gasteiger partial charge on any atom is 0.248 e. The first-order valence-electron chi connectivity index (χ1n) is 6.25. The fraction of sp³-hybridized carbons (Fsp3) is 1.00. The van der Waals surface area contributed by atoms with E-state index in [0.717, 1.165) is 19.6 Å². The zero-order valence-electron chi connectivity index (χ0n) is 9.85. The van der Waals surface area contributed by atoms with Gasteiger partial charge in [-0.3, -0.25) is 0 Å². The number of nitrogens with one attached hydrogen (secondary N) is 1. The quantitative estimate of drug-likeness (QED) is 0.808. The van der Waals surface area contributed by atoms with Gasteiger partial charge in [0.1, 0.15) is 0 Å². The van der Waals surface area contributed by atoms with Gasteiger partial charge in [-0.05, 0) is 32.2 Å². The molecular weight excluding hydrogens is 212 g/mol. The average molecular weight is 233 g/mol. The van der Waals surface area contributed by atoms with E-state index in [-0.39, 0.29) is 12.8 Å². The lowest BCUT2D eigenvalue weighted by molar-refractivity contribution is -0.0518. The highest BCUT2D eigenvalue weighted by Gasteiger charge is 2.39. The van der Waals surface area contributed by atoms with Gasteiger partial charge in [0, 0.05) is 31.4 Å². The van der Waals surface area contributed by atoms with E-state index in [0.29, 0.717) is 30.7 Å². The third kappa shape index (κ3) is 2.72. The first kappa shape index (κ1) is 12.2. The second kappa shape index (κ2) is 4.96. The minimum atomic E-state index is -2.42. The first-order valence-corrected chi connectivity index (χ1v) is 6.25. The first-order chi connectivity index (χ1) is 7.62. The van der Waals surface area contributed by atoms with Crippen LogP contribution >= 0.6 is 0 Å². The summed E-state index contributed by atoms with van der Waals surface area (Å²) >= 11 is 0. The predicted molar refractivity (Wildman–Crippen MR) is 58.7 cm³/mol. The van der Waals surface area contributed by atoms with Crippen molar-refractivity contribution in [1.82, 2.24) is 5.32 Å². The Kier molecular flexibility index (Phi) is 3.80. The van der Waals surface area contributed by atoms with Crippen LogP contribution in [0.15, 0.2) is 0 Å². The molecule has 0 bridgehead atoms. The Balaban J connectivity index is 1.90. The molecule has 2 unspecified atom stereocenters. The van der Waals surface area contributed by atoms with Gasteiger partial charge in [0.25, 0.3) is 0 Å². The van der Waals surface area contributed by atoms with Crippen LogP contribution in [0.1, 0.15) is 32.1 Å². The largest absolute Gasteiger partial charge is 0.381 e. The highest BCUT2D eigenvalue weighted by molar-refractivity contribution is 4.89. The molecule has 2 fully saturated rings. The predicted octanol–water partition coefficient (Wildman–Crippen LogP) is 2.44. The van der Waals surface area contributed by atoms with Crippen LogP contribution in [-0.2, 0) is 4.74 Å².